The zero-order valence-electron chi connectivity index (χ0n) is 15.4. The van der Waals surface area contributed by atoms with Crippen molar-refractivity contribution in [2.75, 3.05) is 31.1 Å². The lowest BCUT2D eigenvalue weighted by molar-refractivity contribution is -0.152. The maximum atomic E-state index is 12.9. The van der Waals surface area contributed by atoms with Gasteiger partial charge in [-0.3, -0.25) is 14.4 Å². The molecule has 2 saturated heterocycles. The Labute approximate surface area is 154 Å². The summed E-state index contributed by atoms with van der Waals surface area (Å²) in [6.07, 6.45) is 1.77. The van der Waals surface area contributed by atoms with Crippen LogP contribution >= 0.6 is 0 Å². The molecule has 0 aromatic heterocycles. The van der Waals surface area contributed by atoms with Gasteiger partial charge in [-0.25, -0.2) is 0 Å². The Balaban J connectivity index is 1.64. The van der Waals surface area contributed by atoms with Crippen LogP contribution in [0.5, 0.6) is 0 Å². The molecule has 6 nitrogen and oxygen atoms in total. The number of carbonyl (C=O) groups excluding carboxylic acids is 3. The van der Waals surface area contributed by atoms with E-state index in [9.17, 15) is 14.4 Å². The molecule has 0 bridgehead atoms. The number of esters is 1. The number of aryl methyl sites for hydroxylation is 1. The minimum atomic E-state index is -0.343. The summed E-state index contributed by atoms with van der Waals surface area (Å²) in [5.74, 6) is -0.871. The number of amides is 2. The zero-order valence-corrected chi connectivity index (χ0v) is 15.4. The molecule has 1 aromatic rings. The van der Waals surface area contributed by atoms with Gasteiger partial charge in [0.25, 0.3) is 0 Å². The number of likely N-dealkylation sites (tertiary alicyclic amines) is 1. The van der Waals surface area contributed by atoms with Crippen molar-refractivity contribution in [1.82, 2.24) is 4.90 Å². The number of nitrogens with zero attached hydrogens (tertiary/aromatic N) is 2. The van der Waals surface area contributed by atoms with E-state index < -0.39 is 0 Å². The number of ether oxygens (including phenoxy) is 1. The molecule has 2 heterocycles. The van der Waals surface area contributed by atoms with E-state index in [0.29, 0.717) is 26.2 Å². The second-order valence-corrected chi connectivity index (χ2v) is 7.12. The minimum Gasteiger partial charge on any atom is -0.466 e. The van der Waals surface area contributed by atoms with Crippen LogP contribution in [0.2, 0.25) is 0 Å². The lowest BCUT2D eigenvalue weighted by Gasteiger charge is -2.33. The number of carbonyl (C=O) groups is 3. The van der Waals surface area contributed by atoms with Gasteiger partial charge >= 0.3 is 5.97 Å². The molecule has 2 atom stereocenters. The third-order valence-corrected chi connectivity index (χ3v) is 5.17. The Morgan fingerprint density at radius 3 is 2.58 bits per heavy atom. The van der Waals surface area contributed by atoms with Crippen molar-refractivity contribution in [2.45, 2.75) is 33.1 Å². The van der Waals surface area contributed by atoms with Gasteiger partial charge in [-0.1, -0.05) is 17.7 Å². The molecule has 2 aliphatic rings. The molecule has 3 rings (SSSR count). The monoisotopic (exact) mass is 358 g/mol. The topological polar surface area (TPSA) is 66.9 Å². The van der Waals surface area contributed by atoms with Gasteiger partial charge in [-0.15, -0.1) is 0 Å². The van der Waals surface area contributed by atoms with Crippen LogP contribution in [0.15, 0.2) is 24.3 Å². The zero-order chi connectivity index (χ0) is 18.7. The van der Waals surface area contributed by atoms with Gasteiger partial charge in [0.15, 0.2) is 0 Å². The summed E-state index contributed by atoms with van der Waals surface area (Å²) in [4.78, 5) is 40.7. The van der Waals surface area contributed by atoms with Gasteiger partial charge < -0.3 is 14.5 Å². The molecule has 0 radical (unpaired) electrons. The first kappa shape index (κ1) is 18.4. The predicted octanol–water partition coefficient (Wildman–Crippen LogP) is 2.15. The van der Waals surface area contributed by atoms with E-state index in [2.05, 4.69) is 0 Å². The van der Waals surface area contributed by atoms with Crippen molar-refractivity contribution in [1.29, 1.82) is 0 Å². The molecule has 0 unspecified atom stereocenters. The Bertz CT molecular complexity index is 686. The first-order valence-electron chi connectivity index (χ1n) is 9.32. The summed E-state index contributed by atoms with van der Waals surface area (Å²) in [6, 6.07) is 7.76. The number of hydrogen-bond acceptors (Lipinski definition) is 4. The van der Waals surface area contributed by atoms with Crippen molar-refractivity contribution in [3.8, 4) is 0 Å². The number of hydrogen-bond donors (Lipinski definition) is 0. The molecular weight excluding hydrogens is 332 g/mol. The highest BCUT2D eigenvalue weighted by molar-refractivity contribution is 6.00. The van der Waals surface area contributed by atoms with E-state index in [-0.39, 0.29) is 36.0 Å². The molecule has 1 aromatic carbocycles. The van der Waals surface area contributed by atoms with Gasteiger partial charge in [-0.05, 0) is 38.8 Å². The average Bonchev–Trinajstić information content (AvgIpc) is 3.04. The molecule has 0 saturated carbocycles. The Morgan fingerprint density at radius 1 is 1.15 bits per heavy atom. The van der Waals surface area contributed by atoms with Crippen molar-refractivity contribution < 1.29 is 19.1 Å². The smallest absolute Gasteiger partial charge is 0.310 e. The molecular formula is C20H26N2O4. The molecule has 0 spiro atoms. The number of piperidine rings is 1. The average molecular weight is 358 g/mol. The first-order chi connectivity index (χ1) is 12.5. The molecule has 2 amide bonds. The van der Waals surface area contributed by atoms with Gasteiger partial charge in [0.05, 0.1) is 18.4 Å². The Kier molecular flexibility index (Phi) is 5.59. The quantitative estimate of drug-likeness (QED) is 0.774. The summed E-state index contributed by atoms with van der Waals surface area (Å²) in [5, 5.41) is 0. The van der Waals surface area contributed by atoms with Crippen molar-refractivity contribution >= 4 is 23.5 Å². The lowest BCUT2D eigenvalue weighted by Crippen LogP contribution is -2.45. The second kappa shape index (κ2) is 7.89. The fraction of sp³-hybridized carbons (Fsp3) is 0.550. The Hall–Kier alpha value is -2.37. The molecule has 0 aliphatic carbocycles. The summed E-state index contributed by atoms with van der Waals surface area (Å²) in [7, 11) is 0. The summed E-state index contributed by atoms with van der Waals surface area (Å²) in [5.41, 5.74) is 1.96. The van der Waals surface area contributed by atoms with E-state index in [4.69, 9.17) is 4.74 Å². The van der Waals surface area contributed by atoms with Crippen molar-refractivity contribution in [2.24, 2.45) is 11.8 Å². The number of anilines is 1. The summed E-state index contributed by atoms with van der Waals surface area (Å²) in [6.45, 7) is 5.58. The number of rotatable bonds is 4. The third-order valence-electron chi connectivity index (χ3n) is 5.17. The van der Waals surface area contributed by atoms with E-state index in [1.54, 1.807) is 16.7 Å². The summed E-state index contributed by atoms with van der Waals surface area (Å²) < 4.78 is 5.10. The van der Waals surface area contributed by atoms with Crippen molar-refractivity contribution in [3.63, 3.8) is 0 Å². The predicted molar refractivity (Wildman–Crippen MR) is 97.6 cm³/mol. The summed E-state index contributed by atoms with van der Waals surface area (Å²) >= 11 is 0. The van der Waals surface area contributed by atoms with Crippen LogP contribution in [0.4, 0.5) is 5.69 Å². The van der Waals surface area contributed by atoms with E-state index in [1.807, 2.05) is 31.2 Å². The van der Waals surface area contributed by atoms with Gasteiger partial charge in [-0.2, -0.15) is 0 Å². The van der Waals surface area contributed by atoms with E-state index >= 15 is 0 Å². The maximum Gasteiger partial charge on any atom is 0.310 e. The van der Waals surface area contributed by atoms with Crippen LogP contribution in [0.25, 0.3) is 0 Å². The van der Waals surface area contributed by atoms with Crippen LogP contribution in [-0.4, -0.2) is 48.9 Å². The molecule has 140 valence electrons. The van der Waals surface area contributed by atoms with Crippen LogP contribution < -0.4 is 4.90 Å². The second-order valence-electron chi connectivity index (χ2n) is 7.12. The highest BCUT2D eigenvalue weighted by atomic mass is 16.5. The minimum absolute atomic E-state index is 0.0221. The molecule has 6 heteroatoms. The van der Waals surface area contributed by atoms with E-state index in [1.165, 1.54) is 0 Å². The lowest BCUT2D eigenvalue weighted by atomic mass is 9.96. The first-order valence-corrected chi connectivity index (χ1v) is 9.32. The fourth-order valence-corrected chi connectivity index (χ4v) is 3.74. The SMILES string of the molecule is CCOC(=O)[C@@H]1CCCN(C(=O)[C@@H]2CC(=O)N(c3ccc(C)cc3)C2)C1. The molecule has 2 aliphatic heterocycles. The fourth-order valence-electron chi connectivity index (χ4n) is 3.74. The standard InChI is InChI=1S/C20H26N2O4/c1-3-26-20(25)15-5-4-10-21(12-15)19(24)16-11-18(23)22(13-16)17-8-6-14(2)7-9-17/h6-9,15-16H,3-5,10-13H2,1-2H3/t15-,16-/m1/s1. The number of benzene rings is 1. The Morgan fingerprint density at radius 2 is 1.88 bits per heavy atom. The largest absolute Gasteiger partial charge is 0.466 e. The van der Waals surface area contributed by atoms with Gasteiger partial charge in [0, 0.05) is 31.7 Å². The van der Waals surface area contributed by atoms with E-state index in [0.717, 1.165) is 24.1 Å². The van der Waals surface area contributed by atoms with Crippen molar-refractivity contribution in [3.05, 3.63) is 29.8 Å². The highest BCUT2D eigenvalue weighted by Crippen LogP contribution is 2.28. The van der Waals surface area contributed by atoms with Crippen LogP contribution in [0.1, 0.15) is 31.7 Å². The normalized spacial score (nSPS) is 23.2. The maximum absolute atomic E-state index is 12.9. The molecule has 2 fully saturated rings. The van der Waals surface area contributed by atoms with Gasteiger partial charge in [0.2, 0.25) is 11.8 Å². The molecule has 26 heavy (non-hydrogen) atoms. The molecule has 0 N–H and O–H groups in total. The third kappa shape index (κ3) is 3.89. The highest BCUT2D eigenvalue weighted by Gasteiger charge is 2.39. The van der Waals surface area contributed by atoms with Crippen LogP contribution in [0, 0.1) is 18.8 Å². The van der Waals surface area contributed by atoms with Crippen LogP contribution in [0.3, 0.4) is 0 Å². The van der Waals surface area contributed by atoms with Crippen LogP contribution in [-0.2, 0) is 19.1 Å². The van der Waals surface area contributed by atoms with Gasteiger partial charge in [0.1, 0.15) is 0 Å².